The monoisotopic (exact) mass is 416 g/mol. The maximum absolute atomic E-state index is 12.4. The molecule has 1 amide bonds. The van der Waals surface area contributed by atoms with E-state index in [1.807, 2.05) is 67.6 Å². The highest BCUT2D eigenvalue weighted by Gasteiger charge is 2.12. The molecule has 1 N–H and O–H groups in total. The number of anilines is 1. The van der Waals surface area contributed by atoms with Crippen molar-refractivity contribution >= 4 is 22.7 Å². The highest BCUT2D eigenvalue weighted by atomic mass is 16.5. The van der Waals surface area contributed by atoms with Crippen LogP contribution in [-0.4, -0.2) is 24.6 Å². The molecule has 6 heteroatoms. The van der Waals surface area contributed by atoms with Crippen LogP contribution in [0.15, 0.2) is 65.1 Å². The molecule has 0 saturated carbocycles. The predicted octanol–water partition coefficient (Wildman–Crippen LogP) is 5.39. The van der Waals surface area contributed by atoms with Gasteiger partial charge in [-0.05, 0) is 60.9 Å². The van der Waals surface area contributed by atoms with Gasteiger partial charge in [-0.15, -0.1) is 0 Å². The van der Waals surface area contributed by atoms with E-state index in [1.165, 1.54) is 5.56 Å². The SMILES string of the molecule is CCc1ccc(OCC(=O)Nc2cc(-c3nc4cc(OC)ccc4o3)ccc2C)cc1. The van der Waals surface area contributed by atoms with Gasteiger partial charge in [-0.2, -0.15) is 0 Å². The molecule has 6 nitrogen and oxygen atoms in total. The number of ether oxygens (including phenoxy) is 2. The Kier molecular flexibility index (Phi) is 5.89. The van der Waals surface area contributed by atoms with Gasteiger partial charge >= 0.3 is 0 Å². The summed E-state index contributed by atoms with van der Waals surface area (Å²) in [6.07, 6.45) is 0.962. The van der Waals surface area contributed by atoms with E-state index in [1.54, 1.807) is 7.11 Å². The number of methoxy groups -OCH3 is 1. The van der Waals surface area contributed by atoms with Crippen molar-refractivity contribution in [2.45, 2.75) is 20.3 Å². The number of nitrogens with one attached hydrogen (secondary N) is 1. The lowest BCUT2D eigenvalue weighted by atomic mass is 10.1. The number of benzene rings is 3. The van der Waals surface area contributed by atoms with E-state index in [4.69, 9.17) is 13.9 Å². The molecule has 0 atom stereocenters. The van der Waals surface area contributed by atoms with Crippen LogP contribution in [0.1, 0.15) is 18.1 Å². The minimum absolute atomic E-state index is 0.0716. The van der Waals surface area contributed by atoms with Gasteiger partial charge in [0.2, 0.25) is 5.89 Å². The second kappa shape index (κ2) is 8.92. The van der Waals surface area contributed by atoms with Crippen LogP contribution in [0.5, 0.6) is 11.5 Å². The summed E-state index contributed by atoms with van der Waals surface area (Å²) < 4.78 is 16.7. The molecule has 1 aromatic heterocycles. The molecule has 158 valence electrons. The minimum atomic E-state index is -0.234. The summed E-state index contributed by atoms with van der Waals surface area (Å²) in [7, 11) is 1.61. The van der Waals surface area contributed by atoms with Crippen LogP contribution in [0.2, 0.25) is 0 Å². The first kappa shape index (κ1) is 20.5. The van der Waals surface area contributed by atoms with Crippen LogP contribution >= 0.6 is 0 Å². The van der Waals surface area contributed by atoms with Crippen molar-refractivity contribution in [1.29, 1.82) is 0 Å². The molecule has 0 saturated heterocycles. The highest BCUT2D eigenvalue weighted by Crippen LogP contribution is 2.29. The molecule has 0 fully saturated rings. The van der Waals surface area contributed by atoms with Gasteiger partial charge in [-0.3, -0.25) is 4.79 Å². The van der Waals surface area contributed by atoms with E-state index in [0.717, 1.165) is 17.5 Å². The molecule has 0 aliphatic rings. The Labute approximate surface area is 180 Å². The van der Waals surface area contributed by atoms with Crippen molar-refractivity contribution in [2.75, 3.05) is 19.0 Å². The van der Waals surface area contributed by atoms with Crippen molar-refractivity contribution in [1.82, 2.24) is 4.98 Å². The zero-order valence-electron chi connectivity index (χ0n) is 17.8. The molecule has 0 spiro atoms. The zero-order chi connectivity index (χ0) is 21.8. The lowest BCUT2D eigenvalue weighted by Crippen LogP contribution is -2.20. The van der Waals surface area contributed by atoms with Gasteiger partial charge in [-0.25, -0.2) is 4.98 Å². The fourth-order valence-electron chi connectivity index (χ4n) is 3.20. The molecular weight excluding hydrogens is 392 g/mol. The number of hydrogen-bond donors (Lipinski definition) is 1. The summed E-state index contributed by atoms with van der Waals surface area (Å²) >= 11 is 0. The smallest absolute Gasteiger partial charge is 0.262 e. The normalized spacial score (nSPS) is 10.8. The first-order valence-corrected chi connectivity index (χ1v) is 10.1. The first-order valence-electron chi connectivity index (χ1n) is 10.1. The number of carbonyl (C=O) groups is 1. The lowest BCUT2D eigenvalue weighted by molar-refractivity contribution is -0.118. The molecule has 4 aromatic rings. The van der Waals surface area contributed by atoms with Gasteiger partial charge in [0, 0.05) is 17.3 Å². The van der Waals surface area contributed by atoms with E-state index in [0.29, 0.717) is 34.2 Å². The minimum Gasteiger partial charge on any atom is -0.497 e. The Bertz CT molecular complexity index is 1210. The van der Waals surface area contributed by atoms with E-state index in [9.17, 15) is 4.79 Å². The Morgan fingerprint density at radius 3 is 2.55 bits per heavy atom. The second-order valence-corrected chi connectivity index (χ2v) is 7.22. The van der Waals surface area contributed by atoms with Crippen molar-refractivity contribution in [2.24, 2.45) is 0 Å². The van der Waals surface area contributed by atoms with Crippen LogP contribution in [0.25, 0.3) is 22.6 Å². The number of amides is 1. The van der Waals surface area contributed by atoms with E-state index < -0.39 is 0 Å². The Hall–Kier alpha value is -3.80. The Morgan fingerprint density at radius 2 is 1.81 bits per heavy atom. The summed E-state index contributed by atoms with van der Waals surface area (Å²) in [6.45, 7) is 3.95. The maximum atomic E-state index is 12.4. The summed E-state index contributed by atoms with van der Waals surface area (Å²) in [6, 6.07) is 18.9. The number of nitrogens with zero attached hydrogens (tertiary/aromatic N) is 1. The van der Waals surface area contributed by atoms with Crippen molar-refractivity contribution < 1.29 is 18.7 Å². The highest BCUT2D eigenvalue weighted by molar-refractivity contribution is 5.93. The third-order valence-corrected chi connectivity index (χ3v) is 5.05. The average molecular weight is 416 g/mol. The fourth-order valence-corrected chi connectivity index (χ4v) is 3.20. The van der Waals surface area contributed by atoms with Crippen LogP contribution in [0, 0.1) is 6.92 Å². The van der Waals surface area contributed by atoms with E-state index >= 15 is 0 Å². The topological polar surface area (TPSA) is 73.6 Å². The third-order valence-electron chi connectivity index (χ3n) is 5.05. The number of oxazole rings is 1. The molecule has 0 unspecified atom stereocenters. The number of rotatable bonds is 7. The van der Waals surface area contributed by atoms with Crippen LogP contribution in [0.3, 0.4) is 0 Å². The molecule has 0 radical (unpaired) electrons. The Morgan fingerprint density at radius 1 is 1.03 bits per heavy atom. The lowest BCUT2D eigenvalue weighted by Gasteiger charge is -2.11. The maximum Gasteiger partial charge on any atom is 0.262 e. The number of aryl methyl sites for hydroxylation is 2. The molecule has 0 aliphatic carbocycles. The summed E-state index contributed by atoms with van der Waals surface area (Å²) in [5.41, 5.74) is 5.00. The number of aromatic nitrogens is 1. The van der Waals surface area contributed by atoms with Crippen LogP contribution in [-0.2, 0) is 11.2 Å². The van der Waals surface area contributed by atoms with Crippen LogP contribution in [0.4, 0.5) is 5.69 Å². The van der Waals surface area contributed by atoms with Crippen molar-refractivity contribution in [3.05, 3.63) is 71.8 Å². The van der Waals surface area contributed by atoms with Gasteiger partial charge in [0.15, 0.2) is 12.2 Å². The molecule has 0 aliphatic heterocycles. The molecule has 3 aromatic carbocycles. The second-order valence-electron chi connectivity index (χ2n) is 7.22. The molecular formula is C25H24N2O4. The fraction of sp³-hybridized carbons (Fsp3) is 0.200. The van der Waals surface area contributed by atoms with Gasteiger partial charge in [-0.1, -0.05) is 25.1 Å². The standard InChI is InChI=1S/C25H24N2O4/c1-4-17-6-9-19(10-7-17)30-15-24(28)26-21-13-18(8-5-16(21)2)25-27-22-14-20(29-3)11-12-23(22)31-25/h5-14H,4,15H2,1-3H3,(H,26,28). The molecule has 31 heavy (non-hydrogen) atoms. The molecule has 4 rings (SSSR count). The molecule has 0 bridgehead atoms. The average Bonchev–Trinajstić information content (AvgIpc) is 3.22. The van der Waals surface area contributed by atoms with Gasteiger partial charge in [0.05, 0.1) is 7.11 Å². The van der Waals surface area contributed by atoms with Gasteiger partial charge in [0.25, 0.3) is 5.91 Å². The summed E-state index contributed by atoms with van der Waals surface area (Å²) in [5.74, 6) is 1.63. The van der Waals surface area contributed by atoms with Gasteiger partial charge in [0.1, 0.15) is 17.0 Å². The summed E-state index contributed by atoms with van der Waals surface area (Å²) in [5, 5.41) is 2.91. The molecule has 1 heterocycles. The Balaban J connectivity index is 1.47. The van der Waals surface area contributed by atoms with Crippen LogP contribution < -0.4 is 14.8 Å². The number of hydrogen-bond acceptors (Lipinski definition) is 5. The number of carbonyl (C=O) groups excluding carboxylic acids is 1. The van der Waals surface area contributed by atoms with E-state index in [-0.39, 0.29) is 12.5 Å². The van der Waals surface area contributed by atoms with E-state index in [2.05, 4.69) is 17.2 Å². The quantitative estimate of drug-likeness (QED) is 0.437. The largest absolute Gasteiger partial charge is 0.497 e. The third kappa shape index (κ3) is 4.69. The van der Waals surface area contributed by atoms with Gasteiger partial charge < -0.3 is 19.2 Å². The predicted molar refractivity (Wildman–Crippen MR) is 121 cm³/mol. The van der Waals surface area contributed by atoms with Crippen molar-refractivity contribution in [3.63, 3.8) is 0 Å². The summed E-state index contributed by atoms with van der Waals surface area (Å²) in [4.78, 5) is 17.0. The first-order chi connectivity index (χ1) is 15.1. The zero-order valence-corrected chi connectivity index (χ0v) is 17.8. The van der Waals surface area contributed by atoms with Crippen molar-refractivity contribution in [3.8, 4) is 23.0 Å². The number of fused-ring (bicyclic) bond motifs is 1.